The van der Waals surface area contributed by atoms with Gasteiger partial charge in [0.2, 0.25) is 0 Å². The van der Waals surface area contributed by atoms with Crippen molar-refractivity contribution in [3.05, 3.63) is 42.5 Å². The van der Waals surface area contributed by atoms with E-state index in [4.69, 9.17) is 9.47 Å². The molecule has 0 saturated heterocycles. The SMILES string of the molecule is C=C[C@H](OC)[C@@H](NC(=O)OC)c1ccc(OC)cc1. The number of carbonyl (C=O) groups excluding carboxylic acids is 1. The van der Waals surface area contributed by atoms with Crippen LogP contribution in [0, 0.1) is 0 Å². The first kappa shape index (κ1) is 15.0. The van der Waals surface area contributed by atoms with Crippen molar-refractivity contribution in [2.24, 2.45) is 0 Å². The molecule has 1 aromatic carbocycles. The number of amides is 1. The average Bonchev–Trinajstić information content (AvgIpc) is 2.47. The van der Waals surface area contributed by atoms with E-state index in [-0.39, 0.29) is 12.1 Å². The highest BCUT2D eigenvalue weighted by atomic mass is 16.5. The molecule has 1 aromatic rings. The molecule has 0 heterocycles. The van der Waals surface area contributed by atoms with Crippen LogP contribution in [0.2, 0.25) is 0 Å². The molecule has 0 aliphatic carbocycles. The molecule has 1 N–H and O–H groups in total. The largest absolute Gasteiger partial charge is 0.497 e. The van der Waals surface area contributed by atoms with E-state index in [9.17, 15) is 4.79 Å². The third-order valence-electron chi connectivity index (χ3n) is 2.77. The molecule has 0 unspecified atom stereocenters. The van der Waals surface area contributed by atoms with Gasteiger partial charge in [0, 0.05) is 7.11 Å². The monoisotopic (exact) mass is 265 g/mol. The van der Waals surface area contributed by atoms with Crippen LogP contribution in [0.25, 0.3) is 0 Å². The molecule has 1 amide bonds. The Bertz CT molecular complexity index is 416. The Morgan fingerprint density at radius 2 is 1.89 bits per heavy atom. The van der Waals surface area contributed by atoms with E-state index < -0.39 is 6.09 Å². The van der Waals surface area contributed by atoms with Gasteiger partial charge in [0.1, 0.15) is 5.75 Å². The van der Waals surface area contributed by atoms with Gasteiger partial charge >= 0.3 is 6.09 Å². The number of nitrogens with one attached hydrogen (secondary N) is 1. The molecule has 0 aliphatic heterocycles. The molecule has 0 bridgehead atoms. The minimum atomic E-state index is -0.523. The molecular weight excluding hydrogens is 246 g/mol. The molecule has 5 nitrogen and oxygen atoms in total. The van der Waals surface area contributed by atoms with E-state index in [1.807, 2.05) is 24.3 Å². The maximum absolute atomic E-state index is 11.4. The number of alkyl carbamates (subject to hydrolysis) is 1. The van der Waals surface area contributed by atoms with Crippen LogP contribution in [0.5, 0.6) is 5.75 Å². The molecule has 2 atom stereocenters. The van der Waals surface area contributed by atoms with Gasteiger partial charge in [0.05, 0.1) is 26.4 Å². The van der Waals surface area contributed by atoms with Crippen molar-refractivity contribution < 1.29 is 19.0 Å². The first-order chi connectivity index (χ1) is 9.15. The number of hydrogen-bond donors (Lipinski definition) is 1. The van der Waals surface area contributed by atoms with Crippen LogP contribution in [0.3, 0.4) is 0 Å². The second kappa shape index (κ2) is 7.43. The quantitative estimate of drug-likeness (QED) is 0.802. The second-order valence-corrected chi connectivity index (χ2v) is 3.82. The molecule has 0 aromatic heterocycles. The zero-order valence-corrected chi connectivity index (χ0v) is 11.4. The Labute approximate surface area is 113 Å². The maximum atomic E-state index is 11.4. The minimum Gasteiger partial charge on any atom is -0.497 e. The molecule has 0 saturated carbocycles. The Kier molecular flexibility index (Phi) is 5.89. The summed E-state index contributed by atoms with van der Waals surface area (Å²) in [4.78, 5) is 11.4. The Balaban J connectivity index is 2.99. The van der Waals surface area contributed by atoms with Gasteiger partial charge in [0.15, 0.2) is 0 Å². The number of hydrogen-bond acceptors (Lipinski definition) is 4. The summed E-state index contributed by atoms with van der Waals surface area (Å²) < 4.78 is 15.0. The van der Waals surface area contributed by atoms with Crippen LogP contribution in [0.15, 0.2) is 36.9 Å². The minimum absolute atomic E-state index is 0.354. The van der Waals surface area contributed by atoms with Crippen LogP contribution in [0.1, 0.15) is 11.6 Å². The summed E-state index contributed by atoms with van der Waals surface area (Å²) in [6.45, 7) is 3.70. The molecule has 0 spiro atoms. The smallest absolute Gasteiger partial charge is 0.407 e. The normalized spacial score (nSPS) is 13.2. The molecule has 1 rings (SSSR count). The van der Waals surface area contributed by atoms with Gasteiger partial charge in [-0.25, -0.2) is 4.79 Å². The summed E-state index contributed by atoms with van der Waals surface area (Å²) in [6.07, 6.45) is 0.752. The Morgan fingerprint density at radius 3 is 2.32 bits per heavy atom. The summed E-state index contributed by atoms with van der Waals surface area (Å²) in [7, 11) is 4.47. The topological polar surface area (TPSA) is 56.8 Å². The molecule has 0 aliphatic rings. The van der Waals surface area contributed by atoms with Crippen LogP contribution in [-0.2, 0) is 9.47 Å². The fraction of sp³-hybridized carbons (Fsp3) is 0.357. The van der Waals surface area contributed by atoms with E-state index >= 15 is 0 Å². The van der Waals surface area contributed by atoms with Gasteiger partial charge in [-0.05, 0) is 17.7 Å². The first-order valence-corrected chi connectivity index (χ1v) is 5.80. The fourth-order valence-electron chi connectivity index (χ4n) is 1.72. The zero-order valence-electron chi connectivity index (χ0n) is 11.4. The predicted molar refractivity (Wildman–Crippen MR) is 72.3 cm³/mol. The van der Waals surface area contributed by atoms with Crippen LogP contribution >= 0.6 is 0 Å². The number of ether oxygens (including phenoxy) is 3. The fourth-order valence-corrected chi connectivity index (χ4v) is 1.72. The van der Waals surface area contributed by atoms with Gasteiger partial charge in [-0.1, -0.05) is 18.2 Å². The van der Waals surface area contributed by atoms with Crippen LogP contribution in [0.4, 0.5) is 4.79 Å². The van der Waals surface area contributed by atoms with E-state index in [1.165, 1.54) is 7.11 Å². The molecular formula is C14H19NO4. The Hall–Kier alpha value is -2.01. The van der Waals surface area contributed by atoms with Gasteiger partial charge in [-0.3, -0.25) is 0 Å². The van der Waals surface area contributed by atoms with E-state index in [0.29, 0.717) is 0 Å². The summed E-state index contributed by atoms with van der Waals surface area (Å²) in [6, 6.07) is 6.97. The number of rotatable bonds is 6. The van der Waals surface area contributed by atoms with Gasteiger partial charge in [-0.15, -0.1) is 6.58 Å². The lowest BCUT2D eigenvalue weighted by atomic mass is 10.0. The molecule has 0 radical (unpaired) electrons. The van der Waals surface area contributed by atoms with Gasteiger partial charge < -0.3 is 19.5 Å². The molecule has 104 valence electrons. The van der Waals surface area contributed by atoms with Crippen molar-refractivity contribution in [3.63, 3.8) is 0 Å². The van der Waals surface area contributed by atoms with Crippen molar-refractivity contribution in [1.82, 2.24) is 5.32 Å². The highest BCUT2D eigenvalue weighted by Gasteiger charge is 2.23. The summed E-state index contributed by atoms with van der Waals surface area (Å²) in [5, 5.41) is 2.72. The number of methoxy groups -OCH3 is 3. The summed E-state index contributed by atoms with van der Waals surface area (Å²) in [5.74, 6) is 0.744. The maximum Gasteiger partial charge on any atom is 0.407 e. The number of benzene rings is 1. The number of carbonyl (C=O) groups is 1. The molecule has 5 heteroatoms. The van der Waals surface area contributed by atoms with Crippen molar-refractivity contribution in [2.75, 3.05) is 21.3 Å². The van der Waals surface area contributed by atoms with Crippen molar-refractivity contribution >= 4 is 6.09 Å². The summed E-state index contributed by atoms with van der Waals surface area (Å²) >= 11 is 0. The van der Waals surface area contributed by atoms with E-state index in [1.54, 1.807) is 20.3 Å². The summed E-state index contributed by atoms with van der Waals surface area (Å²) in [5.41, 5.74) is 0.873. The van der Waals surface area contributed by atoms with Gasteiger partial charge in [0.25, 0.3) is 0 Å². The second-order valence-electron chi connectivity index (χ2n) is 3.82. The highest BCUT2D eigenvalue weighted by Crippen LogP contribution is 2.22. The molecule has 19 heavy (non-hydrogen) atoms. The van der Waals surface area contributed by atoms with Crippen LogP contribution < -0.4 is 10.1 Å². The predicted octanol–water partition coefficient (Wildman–Crippen LogP) is 2.29. The van der Waals surface area contributed by atoms with Crippen molar-refractivity contribution in [1.29, 1.82) is 0 Å². The van der Waals surface area contributed by atoms with E-state index in [2.05, 4.69) is 16.6 Å². The molecule has 0 fully saturated rings. The standard InChI is InChI=1S/C14H19NO4/c1-5-12(18-3)13(15-14(16)19-4)10-6-8-11(17-2)9-7-10/h5-9,12-13H,1H2,2-4H3,(H,15,16)/t12-,13-/m0/s1. The van der Waals surface area contributed by atoms with Gasteiger partial charge in [-0.2, -0.15) is 0 Å². The van der Waals surface area contributed by atoms with Crippen molar-refractivity contribution in [2.45, 2.75) is 12.1 Å². The average molecular weight is 265 g/mol. The lowest BCUT2D eigenvalue weighted by Crippen LogP contribution is -2.36. The lowest BCUT2D eigenvalue weighted by Gasteiger charge is -2.24. The zero-order chi connectivity index (χ0) is 14.3. The van der Waals surface area contributed by atoms with E-state index in [0.717, 1.165) is 11.3 Å². The third-order valence-corrected chi connectivity index (χ3v) is 2.77. The highest BCUT2D eigenvalue weighted by molar-refractivity contribution is 5.67. The van der Waals surface area contributed by atoms with Crippen LogP contribution in [-0.4, -0.2) is 33.5 Å². The lowest BCUT2D eigenvalue weighted by molar-refractivity contribution is 0.0983. The Morgan fingerprint density at radius 1 is 1.26 bits per heavy atom. The van der Waals surface area contributed by atoms with Crippen molar-refractivity contribution in [3.8, 4) is 5.75 Å². The third kappa shape index (κ3) is 3.99. The first-order valence-electron chi connectivity index (χ1n) is 5.80.